The second-order valence-corrected chi connectivity index (χ2v) is 3.48. The Bertz CT molecular complexity index is 188. The summed E-state index contributed by atoms with van der Waals surface area (Å²) in [6.07, 6.45) is 6.45. The summed E-state index contributed by atoms with van der Waals surface area (Å²) in [5, 5.41) is 8.66. The zero-order valence-electron chi connectivity index (χ0n) is 6.96. The van der Waals surface area contributed by atoms with Gasteiger partial charge in [0.1, 0.15) is 0 Å². The Kier molecular flexibility index (Phi) is 5.89. The van der Waals surface area contributed by atoms with Crippen LogP contribution in [0.3, 0.4) is 0 Å². The lowest BCUT2D eigenvalue weighted by Crippen LogP contribution is -2.30. The summed E-state index contributed by atoms with van der Waals surface area (Å²) in [5.74, 6) is 2.48. The van der Waals surface area contributed by atoms with Crippen LogP contribution in [0.25, 0.3) is 0 Å². The summed E-state index contributed by atoms with van der Waals surface area (Å²) < 4.78 is 1.25. The normalized spacial score (nSPS) is 11.8. The SMILES string of the molecule is C#CCC(CCC)N(I)C(=O)O. The zero-order chi connectivity index (χ0) is 9.56. The minimum atomic E-state index is -0.927. The Labute approximate surface area is 86.6 Å². The summed E-state index contributed by atoms with van der Waals surface area (Å²) in [7, 11) is 0. The third-order valence-electron chi connectivity index (χ3n) is 1.48. The molecule has 0 aliphatic heterocycles. The molecule has 1 unspecified atom stereocenters. The van der Waals surface area contributed by atoms with Crippen molar-refractivity contribution >= 4 is 29.0 Å². The van der Waals surface area contributed by atoms with Crippen molar-refractivity contribution in [2.75, 3.05) is 0 Å². The maximum atomic E-state index is 10.5. The van der Waals surface area contributed by atoms with Gasteiger partial charge in [-0.2, -0.15) is 0 Å². The van der Waals surface area contributed by atoms with E-state index in [0.29, 0.717) is 6.42 Å². The molecular formula is C8H12INO2. The molecule has 0 aromatic rings. The lowest BCUT2D eigenvalue weighted by molar-refractivity contribution is 0.169. The van der Waals surface area contributed by atoms with E-state index >= 15 is 0 Å². The Morgan fingerprint density at radius 3 is 2.75 bits per heavy atom. The summed E-state index contributed by atoms with van der Waals surface area (Å²) >= 11 is 1.78. The maximum Gasteiger partial charge on any atom is 0.416 e. The molecule has 1 N–H and O–H groups in total. The van der Waals surface area contributed by atoms with Crippen LogP contribution in [-0.2, 0) is 0 Å². The lowest BCUT2D eigenvalue weighted by atomic mass is 10.1. The number of carboxylic acid groups (broad SMARTS) is 1. The summed E-state index contributed by atoms with van der Waals surface area (Å²) in [6, 6.07) is -0.0434. The van der Waals surface area contributed by atoms with Gasteiger partial charge in [-0.3, -0.25) is 0 Å². The number of amides is 1. The fourth-order valence-corrected chi connectivity index (χ4v) is 1.40. The molecule has 0 saturated heterocycles. The third-order valence-corrected chi connectivity index (χ3v) is 2.68. The van der Waals surface area contributed by atoms with Gasteiger partial charge in [0.25, 0.3) is 0 Å². The molecule has 4 heteroatoms. The summed E-state index contributed by atoms with van der Waals surface area (Å²) in [4.78, 5) is 10.5. The van der Waals surface area contributed by atoms with E-state index in [0.717, 1.165) is 12.8 Å². The first-order chi connectivity index (χ1) is 5.63. The van der Waals surface area contributed by atoms with Crippen LogP contribution < -0.4 is 0 Å². The van der Waals surface area contributed by atoms with Gasteiger partial charge in [0.05, 0.1) is 28.9 Å². The number of hydrogen-bond donors (Lipinski definition) is 1. The molecule has 1 amide bonds. The smallest absolute Gasteiger partial charge is 0.416 e. The van der Waals surface area contributed by atoms with E-state index in [2.05, 4.69) is 5.92 Å². The molecule has 0 bridgehead atoms. The molecule has 68 valence electrons. The lowest BCUT2D eigenvalue weighted by Gasteiger charge is -2.20. The zero-order valence-corrected chi connectivity index (χ0v) is 9.11. The first-order valence-corrected chi connectivity index (χ1v) is 4.71. The molecule has 0 saturated carbocycles. The van der Waals surface area contributed by atoms with Crippen molar-refractivity contribution < 1.29 is 9.90 Å². The van der Waals surface area contributed by atoms with Crippen molar-refractivity contribution in [3.63, 3.8) is 0 Å². The molecule has 1 atom stereocenters. The monoisotopic (exact) mass is 281 g/mol. The van der Waals surface area contributed by atoms with E-state index in [1.54, 1.807) is 22.9 Å². The molecule has 0 aromatic carbocycles. The highest BCUT2D eigenvalue weighted by molar-refractivity contribution is 14.1. The number of terminal acetylenes is 1. The standard InChI is InChI=1S/C8H12INO2/c1-3-5-7(6-4-2)10(9)8(11)12/h1,7H,4-6H2,2H3,(H,11,12). The number of hydrogen-bond acceptors (Lipinski definition) is 1. The highest BCUT2D eigenvalue weighted by atomic mass is 127. The highest BCUT2D eigenvalue weighted by Crippen LogP contribution is 2.15. The Morgan fingerprint density at radius 2 is 2.42 bits per heavy atom. The molecule has 0 fully saturated rings. The van der Waals surface area contributed by atoms with Crippen LogP contribution in [0.5, 0.6) is 0 Å². The molecule has 0 spiro atoms. The van der Waals surface area contributed by atoms with Crippen LogP contribution in [0.15, 0.2) is 0 Å². The quantitative estimate of drug-likeness (QED) is 0.488. The largest absolute Gasteiger partial charge is 0.464 e. The van der Waals surface area contributed by atoms with E-state index in [9.17, 15) is 4.79 Å². The summed E-state index contributed by atoms with van der Waals surface area (Å²) in [6.45, 7) is 2.01. The van der Waals surface area contributed by atoms with E-state index < -0.39 is 6.09 Å². The van der Waals surface area contributed by atoms with E-state index in [1.807, 2.05) is 6.92 Å². The van der Waals surface area contributed by atoms with E-state index in [-0.39, 0.29) is 6.04 Å². The number of rotatable bonds is 4. The van der Waals surface area contributed by atoms with Crippen molar-refractivity contribution in [3.8, 4) is 12.3 Å². The Morgan fingerprint density at radius 1 is 1.83 bits per heavy atom. The van der Waals surface area contributed by atoms with E-state index in [4.69, 9.17) is 11.5 Å². The van der Waals surface area contributed by atoms with Crippen molar-refractivity contribution in [2.45, 2.75) is 32.2 Å². The van der Waals surface area contributed by atoms with Gasteiger partial charge in [0.2, 0.25) is 0 Å². The highest BCUT2D eigenvalue weighted by Gasteiger charge is 2.18. The number of halogens is 1. The van der Waals surface area contributed by atoms with Crippen molar-refractivity contribution in [3.05, 3.63) is 0 Å². The van der Waals surface area contributed by atoms with Gasteiger partial charge < -0.3 is 5.11 Å². The van der Waals surface area contributed by atoms with Crippen LogP contribution in [0.2, 0.25) is 0 Å². The average molecular weight is 281 g/mol. The molecule has 0 aliphatic rings. The van der Waals surface area contributed by atoms with Crippen molar-refractivity contribution in [2.24, 2.45) is 0 Å². The van der Waals surface area contributed by atoms with Gasteiger partial charge in [-0.25, -0.2) is 7.91 Å². The molecule has 3 nitrogen and oxygen atoms in total. The molecule has 0 rings (SSSR count). The summed E-state index contributed by atoms with van der Waals surface area (Å²) in [5.41, 5.74) is 0. The second-order valence-electron chi connectivity index (χ2n) is 2.44. The van der Waals surface area contributed by atoms with E-state index in [1.165, 1.54) is 3.11 Å². The van der Waals surface area contributed by atoms with Gasteiger partial charge in [-0.1, -0.05) is 13.3 Å². The number of nitrogens with zero attached hydrogens (tertiary/aromatic N) is 1. The van der Waals surface area contributed by atoms with Gasteiger partial charge >= 0.3 is 6.09 Å². The first kappa shape index (κ1) is 11.6. The molecule has 0 heterocycles. The van der Waals surface area contributed by atoms with Crippen molar-refractivity contribution in [1.82, 2.24) is 3.11 Å². The predicted octanol–water partition coefficient (Wildman–Crippen LogP) is 2.51. The van der Waals surface area contributed by atoms with Gasteiger partial charge in [0.15, 0.2) is 0 Å². The molecule has 0 aliphatic carbocycles. The minimum absolute atomic E-state index is 0.0434. The van der Waals surface area contributed by atoms with Gasteiger partial charge in [-0.05, 0) is 6.42 Å². The Hall–Kier alpha value is -0.440. The predicted molar refractivity (Wildman–Crippen MR) is 56.0 cm³/mol. The van der Waals surface area contributed by atoms with Gasteiger partial charge in [-0.15, -0.1) is 12.3 Å². The molecule has 12 heavy (non-hydrogen) atoms. The fraction of sp³-hybridized carbons (Fsp3) is 0.625. The van der Waals surface area contributed by atoms with Crippen LogP contribution in [0.1, 0.15) is 26.2 Å². The van der Waals surface area contributed by atoms with Gasteiger partial charge in [0, 0.05) is 6.42 Å². The average Bonchev–Trinajstić information content (AvgIpc) is 2.03. The topological polar surface area (TPSA) is 40.5 Å². The van der Waals surface area contributed by atoms with Crippen molar-refractivity contribution in [1.29, 1.82) is 0 Å². The molecule has 0 radical (unpaired) electrons. The third kappa shape index (κ3) is 3.81. The molecule has 0 aromatic heterocycles. The van der Waals surface area contributed by atoms with Crippen LogP contribution >= 0.6 is 22.9 Å². The van der Waals surface area contributed by atoms with Crippen LogP contribution in [0, 0.1) is 12.3 Å². The number of carbonyl (C=O) groups is 1. The van der Waals surface area contributed by atoms with Crippen LogP contribution in [0.4, 0.5) is 4.79 Å². The second kappa shape index (κ2) is 6.12. The fourth-order valence-electron chi connectivity index (χ4n) is 0.921. The maximum absolute atomic E-state index is 10.5. The Balaban J connectivity index is 4.10. The molecular weight excluding hydrogens is 269 g/mol. The van der Waals surface area contributed by atoms with Crippen LogP contribution in [-0.4, -0.2) is 20.4 Å². The first-order valence-electron chi connectivity index (χ1n) is 3.74. The minimum Gasteiger partial charge on any atom is -0.464 e.